The lowest BCUT2D eigenvalue weighted by Gasteiger charge is -2.11. The SMILES string of the molecule is Cc1cc(=O)c(C(=O)O)cn1CCCn1ccnc1. The van der Waals surface area contributed by atoms with E-state index in [9.17, 15) is 9.59 Å². The van der Waals surface area contributed by atoms with Gasteiger partial charge in [0.25, 0.3) is 0 Å². The Bertz CT molecular complexity index is 629. The molecule has 6 nitrogen and oxygen atoms in total. The van der Waals surface area contributed by atoms with Gasteiger partial charge in [-0.2, -0.15) is 0 Å². The molecule has 0 aliphatic carbocycles. The Balaban J connectivity index is 2.09. The quantitative estimate of drug-likeness (QED) is 0.875. The highest BCUT2D eigenvalue weighted by atomic mass is 16.4. The third-order valence-corrected chi connectivity index (χ3v) is 2.95. The molecule has 0 saturated carbocycles. The van der Waals surface area contributed by atoms with Crippen LogP contribution in [0.2, 0.25) is 0 Å². The summed E-state index contributed by atoms with van der Waals surface area (Å²) in [5, 5.41) is 8.93. The van der Waals surface area contributed by atoms with Crippen LogP contribution in [-0.4, -0.2) is 25.2 Å². The molecule has 0 saturated heterocycles. The molecule has 1 N–H and O–H groups in total. The average molecular weight is 261 g/mol. The third-order valence-electron chi connectivity index (χ3n) is 2.95. The summed E-state index contributed by atoms with van der Waals surface area (Å²) in [5.41, 5.74) is 0.129. The second-order valence-corrected chi connectivity index (χ2v) is 4.35. The van der Waals surface area contributed by atoms with Crippen LogP contribution in [0.5, 0.6) is 0 Å². The number of rotatable bonds is 5. The summed E-state index contributed by atoms with van der Waals surface area (Å²) in [4.78, 5) is 26.4. The summed E-state index contributed by atoms with van der Waals surface area (Å²) in [6.07, 6.45) is 7.57. The zero-order valence-electron chi connectivity index (χ0n) is 10.6. The van der Waals surface area contributed by atoms with E-state index < -0.39 is 11.4 Å². The molecule has 0 radical (unpaired) electrons. The molecule has 0 unspecified atom stereocenters. The Labute approximate surface area is 109 Å². The van der Waals surface area contributed by atoms with Gasteiger partial charge in [0.05, 0.1) is 6.33 Å². The van der Waals surface area contributed by atoms with Crippen molar-refractivity contribution in [1.82, 2.24) is 14.1 Å². The Kier molecular flexibility index (Phi) is 3.79. The fourth-order valence-corrected chi connectivity index (χ4v) is 1.92. The molecule has 0 spiro atoms. The molecule has 19 heavy (non-hydrogen) atoms. The van der Waals surface area contributed by atoms with Crippen LogP contribution in [0.15, 0.2) is 35.8 Å². The van der Waals surface area contributed by atoms with Crippen molar-refractivity contribution in [2.45, 2.75) is 26.4 Å². The molecule has 0 aliphatic heterocycles. The van der Waals surface area contributed by atoms with Crippen LogP contribution in [0.1, 0.15) is 22.5 Å². The highest BCUT2D eigenvalue weighted by Gasteiger charge is 2.10. The summed E-state index contributed by atoms with van der Waals surface area (Å²) in [6.45, 7) is 3.25. The third kappa shape index (κ3) is 3.09. The minimum absolute atomic E-state index is 0.187. The summed E-state index contributed by atoms with van der Waals surface area (Å²) in [6, 6.07) is 1.36. The monoisotopic (exact) mass is 261 g/mol. The number of aromatic carboxylic acids is 1. The van der Waals surface area contributed by atoms with Crippen molar-refractivity contribution in [2.75, 3.05) is 0 Å². The minimum atomic E-state index is -1.19. The molecule has 0 atom stereocenters. The van der Waals surface area contributed by atoms with Crippen molar-refractivity contribution in [2.24, 2.45) is 0 Å². The van der Waals surface area contributed by atoms with E-state index in [2.05, 4.69) is 4.98 Å². The van der Waals surface area contributed by atoms with Crippen molar-refractivity contribution < 1.29 is 9.90 Å². The lowest BCUT2D eigenvalue weighted by atomic mass is 10.2. The van der Waals surface area contributed by atoms with Crippen LogP contribution >= 0.6 is 0 Å². The van der Waals surface area contributed by atoms with Crippen LogP contribution in [0.25, 0.3) is 0 Å². The molecule has 100 valence electrons. The maximum atomic E-state index is 11.5. The molecule has 0 fully saturated rings. The van der Waals surface area contributed by atoms with E-state index in [1.165, 1.54) is 12.3 Å². The fourth-order valence-electron chi connectivity index (χ4n) is 1.92. The lowest BCUT2D eigenvalue weighted by Crippen LogP contribution is -2.19. The second kappa shape index (κ2) is 5.51. The van der Waals surface area contributed by atoms with Gasteiger partial charge in [0.2, 0.25) is 0 Å². The van der Waals surface area contributed by atoms with E-state index in [-0.39, 0.29) is 5.56 Å². The van der Waals surface area contributed by atoms with Gasteiger partial charge in [0.1, 0.15) is 5.56 Å². The molecule has 2 heterocycles. The number of carbonyl (C=O) groups is 1. The van der Waals surface area contributed by atoms with Crippen molar-refractivity contribution in [3.8, 4) is 0 Å². The van der Waals surface area contributed by atoms with Gasteiger partial charge in [-0.25, -0.2) is 9.78 Å². The average Bonchev–Trinajstić information content (AvgIpc) is 2.84. The van der Waals surface area contributed by atoms with Gasteiger partial charge in [-0.05, 0) is 13.3 Å². The standard InChI is InChI=1S/C13H15N3O3/c1-10-7-12(17)11(13(18)19)8-16(10)5-2-4-15-6-3-14-9-15/h3,6-9H,2,4-5H2,1H3,(H,18,19). The zero-order valence-corrected chi connectivity index (χ0v) is 10.6. The predicted molar refractivity (Wildman–Crippen MR) is 69.2 cm³/mol. The smallest absolute Gasteiger partial charge is 0.341 e. The Morgan fingerprint density at radius 1 is 1.42 bits per heavy atom. The highest BCUT2D eigenvalue weighted by Crippen LogP contribution is 2.02. The first-order chi connectivity index (χ1) is 9.08. The number of aromatic nitrogens is 3. The maximum Gasteiger partial charge on any atom is 0.341 e. The lowest BCUT2D eigenvalue weighted by molar-refractivity contribution is 0.0694. The number of aryl methyl sites for hydroxylation is 3. The molecule has 2 aromatic heterocycles. The van der Waals surface area contributed by atoms with Gasteiger partial charge in [-0.3, -0.25) is 4.79 Å². The number of hydrogen-bond donors (Lipinski definition) is 1. The molecule has 0 amide bonds. The highest BCUT2D eigenvalue weighted by molar-refractivity contribution is 5.87. The van der Waals surface area contributed by atoms with Crippen LogP contribution < -0.4 is 5.43 Å². The second-order valence-electron chi connectivity index (χ2n) is 4.35. The maximum absolute atomic E-state index is 11.5. The number of pyridine rings is 1. The fraction of sp³-hybridized carbons (Fsp3) is 0.308. The molecule has 2 rings (SSSR count). The van der Waals surface area contributed by atoms with E-state index in [1.807, 2.05) is 10.8 Å². The first-order valence-corrected chi connectivity index (χ1v) is 5.98. The molecule has 0 aromatic carbocycles. The van der Waals surface area contributed by atoms with Crippen molar-refractivity contribution in [3.05, 3.63) is 52.5 Å². The number of hydrogen-bond acceptors (Lipinski definition) is 3. The summed E-state index contributed by atoms with van der Waals surface area (Å²) < 4.78 is 3.75. The molecular weight excluding hydrogens is 246 g/mol. The van der Waals surface area contributed by atoms with Gasteiger partial charge in [-0.15, -0.1) is 0 Å². The van der Waals surface area contributed by atoms with Crippen molar-refractivity contribution in [1.29, 1.82) is 0 Å². The molecule has 0 aliphatic rings. The first kappa shape index (κ1) is 13.1. The van der Waals surface area contributed by atoms with E-state index in [4.69, 9.17) is 5.11 Å². The minimum Gasteiger partial charge on any atom is -0.477 e. The molecule has 0 bridgehead atoms. The predicted octanol–water partition coefficient (Wildman–Crippen LogP) is 1.14. The zero-order chi connectivity index (χ0) is 13.8. The first-order valence-electron chi connectivity index (χ1n) is 5.98. The van der Waals surface area contributed by atoms with Gasteiger partial charge >= 0.3 is 5.97 Å². The topological polar surface area (TPSA) is 77.1 Å². The van der Waals surface area contributed by atoms with Gasteiger partial charge in [0.15, 0.2) is 5.43 Å². The van der Waals surface area contributed by atoms with E-state index in [1.54, 1.807) is 24.0 Å². The molecular formula is C13H15N3O3. The van der Waals surface area contributed by atoms with E-state index >= 15 is 0 Å². The summed E-state index contributed by atoms with van der Waals surface area (Å²) in [7, 11) is 0. The number of carboxylic acid groups (broad SMARTS) is 1. The van der Waals surface area contributed by atoms with Crippen LogP contribution in [0.4, 0.5) is 0 Å². The van der Waals surface area contributed by atoms with E-state index in [0.29, 0.717) is 6.54 Å². The number of imidazole rings is 1. The van der Waals surface area contributed by atoms with Crippen molar-refractivity contribution in [3.63, 3.8) is 0 Å². The van der Waals surface area contributed by atoms with Crippen LogP contribution in [-0.2, 0) is 13.1 Å². The summed E-state index contributed by atoms with van der Waals surface area (Å²) in [5.74, 6) is -1.19. The Morgan fingerprint density at radius 3 is 2.84 bits per heavy atom. The number of nitrogens with zero attached hydrogens (tertiary/aromatic N) is 3. The molecule has 6 heteroatoms. The van der Waals surface area contributed by atoms with Gasteiger partial charge in [-0.1, -0.05) is 0 Å². The Morgan fingerprint density at radius 2 is 2.21 bits per heavy atom. The van der Waals surface area contributed by atoms with Gasteiger partial charge < -0.3 is 14.2 Å². The molecule has 2 aromatic rings. The van der Waals surface area contributed by atoms with Crippen LogP contribution in [0.3, 0.4) is 0 Å². The Hall–Kier alpha value is -2.37. The number of carboxylic acids is 1. The van der Waals surface area contributed by atoms with Crippen molar-refractivity contribution >= 4 is 5.97 Å². The van der Waals surface area contributed by atoms with E-state index in [0.717, 1.165) is 18.7 Å². The van der Waals surface area contributed by atoms with Crippen LogP contribution in [0, 0.1) is 6.92 Å². The normalized spacial score (nSPS) is 10.6. The summed E-state index contributed by atoms with van der Waals surface area (Å²) >= 11 is 0. The largest absolute Gasteiger partial charge is 0.477 e. The van der Waals surface area contributed by atoms with Gasteiger partial charge in [0, 0.05) is 43.4 Å².